The minimum absolute atomic E-state index is 0.213. The molecule has 0 amide bonds. The molecule has 7 heteroatoms. The van der Waals surface area contributed by atoms with Gasteiger partial charge in [0, 0.05) is 6.20 Å². The first-order valence-corrected chi connectivity index (χ1v) is 3.98. The van der Waals surface area contributed by atoms with Crippen LogP contribution in [0.15, 0.2) is 6.20 Å². The lowest BCUT2D eigenvalue weighted by atomic mass is 10.4. The van der Waals surface area contributed by atoms with Crippen LogP contribution in [0, 0.1) is 0 Å². The summed E-state index contributed by atoms with van der Waals surface area (Å²) in [5, 5.41) is 2.66. The molecule has 1 heterocycles. The number of hydrogen-bond acceptors (Lipinski definition) is 2. The smallest absolute Gasteiger partial charge is 0.298 e. The number of rotatable bonds is 2. The number of nitrogens with zero attached hydrogens (tertiary/aromatic N) is 2. The Bertz CT molecular complexity index is 358. The number of carbonyl (C=O) groups is 1. The van der Waals surface area contributed by atoms with Gasteiger partial charge in [-0.25, -0.2) is 0 Å². The van der Waals surface area contributed by atoms with E-state index in [4.69, 9.17) is 11.6 Å². The molecule has 0 fully saturated rings. The second-order valence-electron chi connectivity index (χ2n) is 2.72. The summed E-state index contributed by atoms with van der Waals surface area (Å²) in [5.41, 5.74) is -1.17. The van der Waals surface area contributed by atoms with Crippen molar-refractivity contribution in [1.29, 1.82) is 0 Å². The Morgan fingerprint density at radius 1 is 1.64 bits per heavy atom. The van der Waals surface area contributed by atoms with Gasteiger partial charge in [0.15, 0.2) is 11.5 Å². The van der Waals surface area contributed by atoms with Crippen molar-refractivity contribution in [2.75, 3.05) is 0 Å². The van der Waals surface area contributed by atoms with E-state index < -0.39 is 16.9 Å². The predicted octanol–water partition coefficient (Wildman–Crippen LogP) is 2.14. The molecule has 0 aromatic carbocycles. The number of carbonyl (C=O) groups excluding carboxylic acids is 1. The van der Waals surface area contributed by atoms with Gasteiger partial charge in [-0.05, 0) is 6.92 Å². The SMILES string of the molecule is CC(=O)Cn1cc(Cl)c(C(F)(F)F)n1. The van der Waals surface area contributed by atoms with E-state index >= 15 is 0 Å². The van der Waals surface area contributed by atoms with Crippen LogP contribution >= 0.6 is 11.6 Å². The van der Waals surface area contributed by atoms with E-state index in [2.05, 4.69) is 5.10 Å². The summed E-state index contributed by atoms with van der Waals surface area (Å²) in [4.78, 5) is 10.6. The minimum atomic E-state index is -4.58. The molecule has 0 spiro atoms. The zero-order valence-electron chi connectivity index (χ0n) is 7.10. The van der Waals surface area contributed by atoms with Crippen molar-refractivity contribution >= 4 is 17.4 Å². The maximum atomic E-state index is 12.2. The summed E-state index contributed by atoms with van der Waals surface area (Å²) in [5.74, 6) is -0.294. The van der Waals surface area contributed by atoms with Gasteiger partial charge in [-0.2, -0.15) is 18.3 Å². The molecule has 0 aliphatic rings. The van der Waals surface area contributed by atoms with Crippen LogP contribution in [0.1, 0.15) is 12.6 Å². The second kappa shape index (κ2) is 3.61. The Kier molecular flexibility index (Phi) is 2.84. The molecule has 0 N–H and O–H groups in total. The van der Waals surface area contributed by atoms with Gasteiger partial charge in [0.2, 0.25) is 0 Å². The Labute approximate surface area is 82.5 Å². The summed E-state index contributed by atoms with van der Waals surface area (Å²) in [6.45, 7) is 1.04. The van der Waals surface area contributed by atoms with E-state index in [0.717, 1.165) is 10.9 Å². The van der Waals surface area contributed by atoms with Crippen molar-refractivity contribution in [3.63, 3.8) is 0 Å². The van der Waals surface area contributed by atoms with Gasteiger partial charge in [-0.3, -0.25) is 9.48 Å². The van der Waals surface area contributed by atoms with Gasteiger partial charge in [0.05, 0.1) is 11.6 Å². The molecular weight excluding hydrogens is 221 g/mol. The summed E-state index contributed by atoms with van der Waals surface area (Å²) < 4.78 is 37.3. The average Bonchev–Trinajstić information content (AvgIpc) is 2.27. The van der Waals surface area contributed by atoms with Crippen molar-refractivity contribution in [1.82, 2.24) is 9.78 Å². The molecule has 3 nitrogen and oxygen atoms in total. The van der Waals surface area contributed by atoms with E-state index in [1.807, 2.05) is 0 Å². The molecule has 1 aromatic heterocycles. The topological polar surface area (TPSA) is 34.9 Å². The minimum Gasteiger partial charge on any atom is -0.298 e. The zero-order valence-corrected chi connectivity index (χ0v) is 7.85. The Morgan fingerprint density at radius 3 is 2.57 bits per heavy atom. The van der Waals surface area contributed by atoms with Crippen LogP contribution in [0.2, 0.25) is 5.02 Å². The first kappa shape index (κ1) is 11.0. The van der Waals surface area contributed by atoms with Crippen LogP contribution < -0.4 is 0 Å². The van der Waals surface area contributed by atoms with E-state index in [0.29, 0.717) is 0 Å². The van der Waals surface area contributed by atoms with Crippen LogP contribution in [-0.4, -0.2) is 15.6 Å². The molecule has 1 aromatic rings. The molecule has 0 atom stereocenters. The number of aromatic nitrogens is 2. The summed E-state index contributed by atoms with van der Waals surface area (Å²) in [7, 11) is 0. The summed E-state index contributed by atoms with van der Waals surface area (Å²) >= 11 is 5.30. The summed E-state index contributed by atoms with van der Waals surface area (Å²) in [6.07, 6.45) is -3.61. The number of ketones is 1. The van der Waals surface area contributed by atoms with Crippen LogP contribution in [0.3, 0.4) is 0 Å². The number of halogens is 4. The van der Waals surface area contributed by atoms with Gasteiger partial charge in [-0.15, -0.1) is 0 Å². The molecule has 0 aliphatic carbocycles. The first-order valence-electron chi connectivity index (χ1n) is 3.60. The van der Waals surface area contributed by atoms with Gasteiger partial charge in [0.1, 0.15) is 0 Å². The molecule has 0 bridgehead atoms. The van der Waals surface area contributed by atoms with Gasteiger partial charge >= 0.3 is 6.18 Å². The fourth-order valence-electron chi connectivity index (χ4n) is 0.898. The maximum absolute atomic E-state index is 12.2. The van der Waals surface area contributed by atoms with E-state index in [1.165, 1.54) is 6.92 Å². The lowest BCUT2D eigenvalue weighted by molar-refractivity contribution is -0.141. The van der Waals surface area contributed by atoms with E-state index in [1.54, 1.807) is 0 Å². The summed E-state index contributed by atoms with van der Waals surface area (Å²) in [6, 6.07) is 0. The molecular formula is C7H6ClF3N2O. The molecule has 14 heavy (non-hydrogen) atoms. The quantitative estimate of drug-likeness (QED) is 0.775. The fourth-order valence-corrected chi connectivity index (χ4v) is 1.16. The molecule has 0 saturated heterocycles. The maximum Gasteiger partial charge on any atom is 0.436 e. The zero-order chi connectivity index (χ0) is 10.9. The first-order chi connectivity index (χ1) is 6.30. The van der Waals surface area contributed by atoms with Crippen LogP contribution in [0.4, 0.5) is 13.2 Å². The van der Waals surface area contributed by atoms with Crippen LogP contribution in [0.5, 0.6) is 0 Å². The van der Waals surface area contributed by atoms with Crippen molar-refractivity contribution in [3.05, 3.63) is 16.9 Å². The van der Waals surface area contributed by atoms with Gasteiger partial charge in [-0.1, -0.05) is 11.6 Å². The van der Waals surface area contributed by atoms with E-state index in [9.17, 15) is 18.0 Å². The predicted molar refractivity (Wildman–Crippen MR) is 42.9 cm³/mol. The molecule has 0 unspecified atom stereocenters. The largest absolute Gasteiger partial charge is 0.436 e. The standard InChI is InChI=1S/C7H6ClF3N2O/c1-4(14)2-13-3-5(8)6(12-13)7(9,10)11/h3H,2H2,1H3. The van der Waals surface area contributed by atoms with Crippen LogP contribution in [0.25, 0.3) is 0 Å². The third kappa shape index (κ3) is 2.47. The highest BCUT2D eigenvalue weighted by Gasteiger charge is 2.36. The molecule has 0 saturated carbocycles. The molecule has 78 valence electrons. The van der Waals surface area contributed by atoms with Gasteiger partial charge in [0.25, 0.3) is 0 Å². The normalized spacial score (nSPS) is 11.8. The highest BCUT2D eigenvalue weighted by atomic mass is 35.5. The van der Waals surface area contributed by atoms with Crippen molar-refractivity contribution < 1.29 is 18.0 Å². The lowest BCUT2D eigenvalue weighted by Crippen LogP contribution is -2.11. The number of hydrogen-bond donors (Lipinski definition) is 0. The second-order valence-corrected chi connectivity index (χ2v) is 3.13. The van der Waals surface area contributed by atoms with Gasteiger partial charge < -0.3 is 0 Å². The van der Waals surface area contributed by atoms with Crippen molar-refractivity contribution in [2.24, 2.45) is 0 Å². The Balaban J connectivity index is 2.99. The van der Waals surface area contributed by atoms with Crippen molar-refractivity contribution in [2.45, 2.75) is 19.6 Å². The highest BCUT2D eigenvalue weighted by molar-refractivity contribution is 6.31. The Morgan fingerprint density at radius 2 is 2.21 bits per heavy atom. The highest BCUT2D eigenvalue weighted by Crippen LogP contribution is 2.32. The Hall–Kier alpha value is -1.04. The lowest BCUT2D eigenvalue weighted by Gasteiger charge is -2.01. The molecule has 1 rings (SSSR count). The molecule has 0 radical (unpaired) electrons. The van der Waals surface area contributed by atoms with E-state index in [-0.39, 0.29) is 12.3 Å². The third-order valence-corrected chi connectivity index (χ3v) is 1.65. The average molecular weight is 227 g/mol. The van der Waals surface area contributed by atoms with Crippen molar-refractivity contribution in [3.8, 4) is 0 Å². The number of Topliss-reactive ketones (excluding diaryl/α,β-unsaturated/α-hetero) is 1. The monoisotopic (exact) mass is 226 g/mol. The fraction of sp³-hybridized carbons (Fsp3) is 0.429. The van der Waals surface area contributed by atoms with Crippen LogP contribution in [-0.2, 0) is 17.5 Å². The third-order valence-electron chi connectivity index (χ3n) is 1.37. The molecule has 0 aliphatic heterocycles. The number of alkyl halides is 3.